The predicted molar refractivity (Wildman–Crippen MR) is 107 cm³/mol. The van der Waals surface area contributed by atoms with Crippen molar-refractivity contribution < 1.29 is 17.9 Å². The number of nitrogens with one attached hydrogen (secondary N) is 2. The van der Waals surface area contributed by atoms with Crippen LogP contribution in [0.2, 0.25) is 0 Å². The normalized spacial score (nSPS) is 23.2. The van der Waals surface area contributed by atoms with Crippen molar-refractivity contribution in [3.63, 3.8) is 0 Å². The minimum atomic E-state index is -3.66. The van der Waals surface area contributed by atoms with Gasteiger partial charge in [0.15, 0.2) is 0 Å². The molecule has 9 heteroatoms. The first-order chi connectivity index (χ1) is 14.0. The number of methoxy groups -OCH3 is 1. The molecular formula is C20H24N4O4S. The standard InChI is InChI=1S/C20H24N4O4S/c1-28-16-6-4-14(5-7-16)11-22-20(25)24-13-15-9-18(19(24)10-15)23-29(26,27)17-3-2-8-21-12-17/h2-8,12,15,18-19,23H,9-11,13H2,1H3,(H,22,25). The molecule has 2 bridgehead atoms. The highest BCUT2D eigenvalue weighted by Crippen LogP contribution is 2.38. The van der Waals surface area contributed by atoms with Crippen LogP contribution in [0, 0.1) is 5.92 Å². The summed E-state index contributed by atoms with van der Waals surface area (Å²) in [5.41, 5.74) is 0.970. The number of aromatic nitrogens is 1. The molecule has 154 valence electrons. The molecule has 2 aromatic rings. The minimum absolute atomic E-state index is 0.137. The first-order valence-corrected chi connectivity index (χ1v) is 11.0. The number of sulfonamides is 1. The van der Waals surface area contributed by atoms with Gasteiger partial charge in [-0.05, 0) is 48.6 Å². The number of ether oxygens (including phenoxy) is 1. The molecule has 1 aliphatic heterocycles. The molecule has 1 saturated carbocycles. The van der Waals surface area contributed by atoms with E-state index in [1.807, 2.05) is 24.3 Å². The number of pyridine rings is 1. The smallest absolute Gasteiger partial charge is 0.317 e. The largest absolute Gasteiger partial charge is 0.497 e. The molecule has 4 rings (SSSR count). The Bertz CT molecular complexity index is 966. The Balaban J connectivity index is 1.37. The predicted octanol–water partition coefficient (Wildman–Crippen LogP) is 1.74. The van der Waals surface area contributed by atoms with Crippen molar-refractivity contribution in [1.82, 2.24) is 19.9 Å². The Morgan fingerprint density at radius 2 is 2.03 bits per heavy atom. The molecule has 2 fully saturated rings. The van der Waals surface area contributed by atoms with Crippen LogP contribution in [0.3, 0.4) is 0 Å². The van der Waals surface area contributed by atoms with Crippen molar-refractivity contribution in [3.8, 4) is 5.75 Å². The lowest BCUT2D eigenvalue weighted by Gasteiger charge is -2.33. The summed E-state index contributed by atoms with van der Waals surface area (Å²) in [6.07, 6.45) is 4.42. The quantitative estimate of drug-likeness (QED) is 0.747. The van der Waals surface area contributed by atoms with E-state index < -0.39 is 10.0 Å². The number of hydrogen-bond acceptors (Lipinski definition) is 5. The topological polar surface area (TPSA) is 101 Å². The van der Waals surface area contributed by atoms with Crippen LogP contribution in [0.15, 0.2) is 53.7 Å². The van der Waals surface area contributed by atoms with Gasteiger partial charge in [0, 0.05) is 31.5 Å². The number of fused-ring (bicyclic) bond motifs is 2. The highest BCUT2D eigenvalue weighted by atomic mass is 32.2. The fourth-order valence-corrected chi connectivity index (χ4v) is 5.43. The number of urea groups is 1. The molecular weight excluding hydrogens is 392 g/mol. The zero-order chi connectivity index (χ0) is 20.4. The molecule has 1 saturated heterocycles. The van der Waals surface area contributed by atoms with Crippen LogP contribution in [0.5, 0.6) is 5.75 Å². The van der Waals surface area contributed by atoms with Crippen molar-refractivity contribution >= 4 is 16.1 Å². The van der Waals surface area contributed by atoms with Crippen molar-refractivity contribution in [3.05, 3.63) is 54.4 Å². The van der Waals surface area contributed by atoms with Crippen molar-refractivity contribution in [1.29, 1.82) is 0 Å². The molecule has 0 spiro atoms. The van der Waals surface area contributed by atoms with Crippen molar-refractivity contribution in [2.24, 2.45) is 5.92 Å². The maximum Gasteiger partial charge on any atom is 0.317 e. The fourth-order valence-electron chi connectivity index (χ4n) is 4.18. The van der Waals surface area contributed by atoms with Crippen LogP contribution in [0.4, 0.5) is 4.79 Å². The maximum atomic E-state index is 12.7. The van der Waals surface area contributed by atoms with Gasteiger partial charge in [0.2, 0.25) is 10.0 Å². The fraction of sp³-hybridized carbons (Fsp3) is 0.400. The number of benzene rings is 1. The molecule has 0 radical (unpaired) electrons. The lowest BCUT2D eigenvalue weighted by molar-refractivity contribution is 0.170. The molecule has 8 nitrogen and oxygen atoms in total. The lowest BCUT2D eigenvalue weighted by Crippen LogP contribution is -2.54. The van der Waals surface area contributed by atoms with E-state index in [2.05, 4.69) is 15.0 Å². The van der Waals surface area contributed by atoms with E-state index >= 15 is 0 Å². The molecule has 1 aromatic carbocycles. The average molecular weight is 417 g/mol. The highest BCUT2D eigenvalue weighted by molar-refractivity contribution is 7.89. The SMILES string of the molecule is COc1ccc(CNC(=O)N2CC3CC(NS(=O)(=O)c4cccnc4)C2C3)cc1. The monoisotopic (exact) mass is 416 g/mol. The van der Waals surface area contributed by atoms with E-state index in [0.717, 1.165) is 24.2 Å². The van der Waals surface area contributed by atoms with Crippen LogP contribution < -0.4 is 14.8 Å². The van der Waals surface area contributed by atoms with E-state index in [4.69, 9.17) is 4.74 Å². The van der Waals surface area contributed by atoms with Gasteiger partial charge in [-0.15, -0.1) is 0 Å². The minimum Gasteiger partial charge on any atom is -0.497 e. The summed E-state index contributed by atoms with van der Waals surface area (Å²) in [5, 5.41) is 2.94. The highest BCUT2D eigenvalue weighted by Gasteiger charge is 2.48. The van der Waals surface area contributed by atoms with Crippen LogP contribution in [0.1, 0.15) is 18.4 Å². The number of carbonyl (C=O) groups excluding carboxylic acids is 1. The third-order valence-electron chi connectivity index (χ3n) is 5.60. The summed E-state index contributed by atoms with van der Waals surface area (Å²) in [6.45, 7) is 1.06. The molecule has 2 amide bonds. The number of rotatable bonds is 6. The van der Waals surface area contributed by atoms with Crippen molar-refractivity contribution in [2.45, 2.75) is 36.4 Å². The van der Waals surface area contributed by atoms with Gasteiger partial charge in [0.05, 0.1) is 13.2 Å². The van der Waals surface area contributed by atoms with Crippen LogP contribution in [-0.4, -0.2) is 50.1 Å². The Kier molecular flexibility index (Phi) is 5.42. The number of amides is 2. The van der Waals surface area contributed by atoms with Crippen molar-refractivity contribution in [2.75, 3.05) is 13.7 Å². The summed E-state index contributed by atoms with van der Waals surface area (Å²) in [5.74, 6) is 1.08. The van der Waals surface area contributed by atoms with Gasteiger partial charge in [-0.1, -0.05) is 12.1 Å². The van der Waals surface area contributed by atoms with Crippen LogP contribution in [-0.2, 0) is 16.6 Å². The van der Waals surface area contributed by atoms with E-state index in [9.17, 15) is 13.2 Å². The molecule has 1 aromatic heterocycles. The Morgan fingerprint density at radius 1 is 1.24 bits per heavy atom. The van der Waals surface area contributed by atoms with Gasteiger partial charge >= 0.3 is 6.03 Å². The summed E-state index contributed by atoms with van der Waals surface area (Å²) in [7, 11) is -2.05. The number of nitrogens with zero attached hydrogens (tertiary/aromatic N) is 2. The number of carbonyl (C=O) groups is 1. The zero-order valence-corrected chi connectivity index (χ0v) is 16.9. The van der Waals surface area contributed by atoms with E-state index in [1.54, 1.807) is 18.1 Å². The number of likely N-dealkylation sites (tertiary alicyclic amines) is 1. The first kappa shape index (κ1) is 19.7. The zero-order valence-electron chi connectivity index (χ0n) is 16.1. The van der Waals surface area contributed by atoms with E-state index in [1.165, 1.54) is 18.5 Å². The van der Waals surface area contributed by atoms with E-state index in [0.29, 0.717) is 19.0 Å². The third-order valence-corrected chi connectivity index (χ3v) is 7.07. The molecule has 1 aliphatic carbocycles. The molecule has 3 unspecified atom stereocenters. The summed E-state index contributed by atoms with van der Waals surface area (Å²) < 4.78 is 33.2. The molecule has 3 atom stereocenters. The third kappa shape index (κ3) is 4.20. The summed E-state index contributed by atoms with van der Waals surface area (Å²) in [4.78, 5) is 18.5. The van der Waals surface area contributed by atoms with Gasteiger partial charge in [-0.25, -0.2) is 17.9 Å². The average Bonchev–Trinajstić information content (AvgIpc) is 3.33. The summed E-state index contributed by atoms with van der Waals surface area (Å²) in [6, 6.07) is 10.0. The second-order valence-electron chi connectivity index (χ2n) is 7.48. The molecule has 2 heterocycles. The Morgan fingerprint density at radius 3 is 2.69 bits per heavy atom. The number of piperidine rings is 1. The Labute approximate surface area is 170 Å². The van der Waals surface area contributed by atoms with E-state index in [-0.39, 0.29) is 23.0 Å². The molecule has 29 heavy (non-hydrogen) atoms. The van der Waals surface area contributed by atoms with Gasteiger partial charge in [0.1, 0.15) is 10.6 Å². The van der Waals surface area contributed by atoms with Gasteiger partial charge in [0.25, 0.3) is 0 Å². The molecule has 2 N–H and O–H groups in total. The maximum absolute atomic E-state index is 12.7. The second kappa shape index (κ2) is 8.00. The van der Waals surface area contributed by atoms with Crippen LogP contribution >= 0.6 is 0 Å². The number of hydrogen-bond donors (Lipinski definition) is 2. The van der Waals surface area contributed by atoms with Crippen LogP contribution in [0.25, 0.3) is 0 Å². The Hall–Kier alpha value is -2.65. The summed E-state index contributed by atoms with van der Waals surface area (Å²) >= 11 is 0. The van der Waals surface area contributed by atoms with Gasteiger partial charge < -0.3 is 15.0 Å². The second-order valence-corrected chi connectivity index (χ2v) is 9.19. The lowest BCUT2D eigenvalue weighted by atomic mass is 10.1. The van der Waals surface area contributed by atoms with Gasteiger partial charge in [-0.2, -0.15) is 0 Å². The first-order valence-electron chi connectivity index (χ1n) is 9.56. The molecule has 2 aliphatic rings. The van der Waals surface area contributed by atoms with Gasteiger partial charge in [-0.3, -0.25) is 4.98 Å².